The summed E-state index contributed by atoms with van der Waals surface area (Å²) >= 11 is 0. The summed E-state index contributed by atoms with van der Waals surface area (Å²) in [5.41, 5.74) is 7.21. The molecule has 9 nitrogen and oxygen atoms in total. The van der Waals surface area contributed by atoms with Crippen LogP contribution in [-0.4, -0.2) is 51.9 Å². The van der Waals surface area contributed by atoms with Gasteiger partial charge in [-0.15, -0.1) is 0 Å². The number of hydrogen-bond donors (Lipinski definition) is 3. The number of amides is 2. The van der Waals surface area contributed by atoms with Crippen molar-refractivity contribution in [1.29, 1.82) is 0 Å². The maximum Gasteiger partial charge on any atom is 0.267 e. The summed E-state index contributed by atoms with van der Waals surface area (Å²) in [4.78, 5) is 35.3. The van der Waals surface area contributed by atoms with E-state index in [1.807, 2.05) is 12.1 Å². The predicted octanol–water partition coefficient (Wildman–Crippen LogP) is 2.68. The minimum atomic E-state index is -0.690. The highest BCUT2D eigenvalue weighted by Crippen LogP contribution is 2.32. The smallest absolute Gasteiger partial charge is 0.267 e. The van der Waals surface area contributed by atoms with Gasteiger partial charge in [0, 0.05) is 37.3 Å². The van der Waals surface area contributed by atoms with Gasteiger partial charge in [-0.05, 0) is 61.4 Å². The van der Waals surface area contributed by atoms with Gasteiger partial charge in [0.2, 0.25) is 5.91 Å². The molecule has 0 saturated carbocycles. The number of primary amides is 1. The van der Waals surface area contributed by atoms with Crippen LogP contribution < -0.4 is 21.1 Å². The first kappa shape index (κ1) is 22.7. The van der Waals surface area contributed by atoms with Crippen LogP contribution in [0, 0.1) is 5.82 Å². The van der Waals surface area contributed by atoms with Crippen molar-refractivity contribution in [3.63, 3.8) is 0 Å². The molecule has 3 aromatic rings. The summed E-state index contributed by atoms with van der Waals surface area (Å²) in [6.45, 7) is 4.31. The normalized spacial score (nSPS) is 20.9. The number of nitrogens with one attached hydrogen (secondary N) is 2. The molecular weight excluding hydrogens is 451 g/mol. The van der Waals surface area contributed by atoms with E-state index in [4.69, 9.17) is 10.5 Å². The minimum Gasteiger partial charge on any atom is -0.457 e. The lowest BCUT2D eigenvalue weighted by Gasteiger charge is -2.15. The van der Waals surface area contributed by atoms with E-state index in [0.29, 0.717) is 48.7 Å². The lowest BCUT2D eigenvalue weighted by Crippen LogP contribution is -2.30. The first-order chi connectivity index (χ1) is 16.9. The molecule has 3 heterocycles. The molecule has 35 heavy (non-hydrogen) atoms. The van der Waals surface area contributed by atoms with E-state index in [9.17, 15) is 14.0 Å². The molecule has 0 bridgehead atoms. The van der Waals surface area contributed by atoms with Crippen LogP contribution in [0.5, 0.6) is 11.5 Å². The number of benzene rings is 2. The highest BCUT2D eigenvalue weighted by molar-refractivity contribution is 5.92. The second-order valence-corrected chi connectivity index (χ2v) is 8.76. The Kier molecular flexibility index (Phi) is 6.04. The number of hydrogen-bond acceptors (Lipinski definition) is 7. The van der Waals surface area contributed by atoms with E-state index in [0.717, 1.165) is 17.7 Å². The number of halogens is 1. The third-order valence-electron chi connectivity index (χ3n) is 6.08. The molecule has 2 amide bonds. The fourth-order valence-corrected chi connectivity index (χ4v) is 4.03. The summed E-state index contributed by atoms with van der Waals surface area (Å²) in [6.07, 6.45) is 0.609. The number of rotatable bonds is 8. The number of nitrogens with two attached hydrogens (primary N) is 1. The highest BCUT2D eigenvalue weighted by atomic mass is 19.1. The number of ether oxygens (including phenoxy) is 1. The third-order valence-corrected chi connectivity index (χ3v) is 6.08. The van der Waals surface area contributed by atoms with E-state index < -0.39 is 11.9 Å². The summed E-state index contributed by atoms with van der Waals surface area (Å²) < 4.78 is 19.2. The molecule has 180 valence electrons. The van der Waals surface area contributed by atoms with Crippen molar-refractivity contribution in [1.82, 2.24) is 20.2 Å². The molecule has 2 aliphatic rings. The Morgan fingerprint density at radius 2 is 1.94 bits per heavy atom. The van der Waals surface area contributed by atoms with Crippen LogP contribution in [0.4, 0.5) is 10.2 Å². The van der Waals surface area contributed by atoms with Gasteiger partial charge < -0.3 is 21.1 Å². The predicted molar refractivity (Wildman–Crippen MR) is 127 cm³/mol. The van der Waals surface area contributed by atoms with Gasteiger partial charge in [0.25, 0.3) is 5.91 Å². The monoisotopic (exact) mass is 476 g/mol. The Hall–Kier alpha value is -4.05. The second-order valence-electron chi connectivity index (χ2n) is 8.76. The van der Waals surface area contributed by atoms with Gasteiger partial charge in [0.15, 0.2) is 5.82 Å². The van der Waals surface area contributed by atoms with Crippen LogP contribution in [0.1, 0.15) is 29.4 Å². The van der Waals surface area contributed by atoms with Crippen LogP contribution in [0.15, 0.2) is 48.5 Å². The standard InChI is InChI=1S/C25H25FN6O3/c1-14-12-32(14)13-15-10-18(35-17-4-2-16(26)3-5-17)6-7-19(15)24-30-21(23(27)33)11-22(31-24)29-20-8-9-28-25(20)34/h2-7,10-11,14,20H,8-9,12-13H2,1H3,(H2,27,33)(H,28,34)(H,29,30,31). The zero-order valence-electron chi connectivity index (χ0n) is 19.1. The Morgan fingerprint density at radius 3 is 2.60 bits per heavy atom. The zero-order valence-corrected chi connectivity index (χ0v) is 19.1. The van der Waals surface area contributed by atoms with Gasteiger partial charge in [0.1, 0.15) is 34.9 Å². The van der Waals surface area contributed by atoms with E-state index in [-0.39, 0.29) is 17.4 Å². The van der Waals surface area contributed by atoms with Crippen molar-refractivity contribution in [2.45, 2.75) is 32.0 Å². The Labute approximate surface area is 201 Å². The van der Waals surface area contributed by atoms with Crippen LogP contribution in [0.3, 0.4) is 0 Å². The molecule has 0 spiro atoms. The van der Waals surface area contributed by atoms with Crippen molar-refractivity contribution in [2.24, 2.45) is 5.73 Å². The number of nitrogens with zero attached hydrogens (tertiary/aromatic N) is 3. The quantitative estimate of drug-likeness (QED) is 0.427. The van der Waals surface area contributed by atoms with Crippen molar-refractivity contribution >= 4 is 17.6 Å². The molecule has 1 aromatic heterocycles. The first-order valence-electron chi connectivity index (χ1n) is 11.4. The van der Waals surface area contributed by atoms with E-state index >= 15 is 0 Å². The summed E-state index contributed by atoms with van der Waals surface area (Å²) in [6, 6.07) is 12.8. The van der Waals surface area contributed by atoms with Crippen molar-refractivity contribution in [3.05, 3.63) is 65.6 Å². The second kappa shape index (κ2) is 9.30. The molecule has 10 heteroatoms. The zero-order chi connectivity index (χ0) is 24.5. The number of carbonyl (C=O) groups is 2. The molecular formula is C25H25FN6O3. The summed E-state index contributed by atoms with van der Waals surface area (Å²) in [5, 5.41) is 5.86. The lowest BCUT2D eigenvalue weighted by molar-refractivity contribution is -0.119. The highest BCUT2D eigenvalue weighted by Gasteiger charge is 2.30. The molecule has 0 aliphatic carbocycles. The Balaban J connectivity index is 1.50. The third kappa shape index (κ3) is 5.22. The van der Waals surface area contributed by atoms with Crippen molar-refractivity contribution in [3.8, 4) is 22.9 Å². The molecule has 3 atom stereocenters. The molecule has 2 aliphatic heterocycles. The van der Waals surface area contributed by atoms with E-state index in [2.05, 4.69) is 32.4 Å². The van der Waals surface area contributed by atoms with Crippen LogP contribution in [0.25, 0.3) is 11.4 Å². The molecule has 4 N–H and O–H groups in total. The van der Waals surface area contributed by atoms with Gasteiger partial charge >= 0.3 is 0 Å². The molecule has 2 fully saturated rings. The van der Waals surface area contributed by atoms with E-state index in [1.54, 1.807) is 18.2 Å². The molecule has 5 rings (SSSR count). The summed E-state index contributed by atoms with van der Waals surface area (Å²) in [5.74, 6) is 0.614. The number of carbonyl (C=O) groups excluding carboxylic acids is 2. The van der Waals surface area contributed by atoms with E-state index in [1.165, 1.54) is 18.2 Å². The number of aromatic nitrogens is 2. The van der Waals surface area contributed by atoms with Gasteiger partial charge in [0.05, 0.1) is 0 Å². The van der Waals surface area contributed by atoms with Gasteiger partial charge in [-0.1, -0.05) is 0 Å². The SMILES string of the molecule is CC1CN1Cc1cc(Oc2ccc(F)cc2)ccc1-c1nc(NC2CCNC2=O)cc(C(N)=O)n1. The molecule has 2 saturated heterocycles. The van der Waals surface area contributed by atoms with Gasteiger partial charge in [-0.25, -0.2) is 14.4 Å². The topological polar surface area (TPSA) is 122 Å². The minimum absolute atomic E-state index is 0.0496. The maximum absolute atomic E-state index is 13.3. The fourth-order valence-electron chi connectivity index (χ4n) is 4.03. The van der Waals surface area contributed by atoms with Crippen molar-refractivity contribution in [2.75, 3.05) is 18.4 Å². The fraction of sp³-hybridized carbons (Fsp3) is 0.280. The van der Waals surface area contributed by atoms with Crippen molar-refractivity contribution < 1.29 is 18.7 Å². The Bertz CT molecular complexity index is 1280. The summed E-state index contributed by atoms with van der Waals surface area (Å²) in [7, 11) is 0. The van der Waals surface area contributed by atoms with Crippen LogP contribution >= 0.6 is 0 Å². The Morgan fingerprint density at radius 1 is 1.20 bits per heavy atom. The number of anilines is 1. The molecule has 3 unspecified atom stereocenters. The van der Waals surface area contributed by atoms with Crippen LogP contribution in [-0.2, 0) is 11.3 Å². The average Bonchev–Trinajstić information content (AvgIpc) is 3.38. The van der Waals surface area contributed by atoms with Gasteiger partial charge in [-0.2, -0.15) is 0 Å². The average molecular weight is 477 g/mol. The largest absolute Gasteiger partial charge is 0.457 e. The molecule has 0 radical (unpaired) electrons. The van der Waals surface area contributed by atoms with Gasteiger partial charge in [-0.3, -0.25) is 14.5 Å². The maximum atomic E-state index is 13.3. The first-order valence-corrected chi connectivity index (χ1v) is 11.4. The lowest BCUT2D eigenvalue weighted by atomic mass is 10.1. The van der Waals surface area contributed by atoms with Crippen LogP contribution in [0.2, 0.25) is 0 Å². The molecule has 2 aromatic carbocycles.